The Morgan fingerprint density at radius 2 is 1.76 bits per heavy atom. The number of halogens is 2. The second-order valence-electron chi connectivity index (χ2n) is 7.22. The largest absolute Gasteiger partial charge is 0.487 e. The van der Waals surface area contributed by atoms with Gasteiger partial charge < -0.3 is 4.74 Å². The van der Waals surface area contributed by atoms with E-state index in [1.165, 1.54) is 4.90 Å². The summed E-state index contributed by atoms with van der Waals surface area (Å²) in [7, 11) is 0. The lowest BCUT2D eigenvalue weighted by Crippen LogP contribution is -2.27. The predicted octanol–water partition coefficient (Wildman–Crippen LogP) is 7.65. The fourth-order valence-corrected chi connectivity index (χ4v) is 5.07. The molecule has 1 heterocycles. The molecule has 0 saturated carbocycles. The smallest absolute Gasteiger partial charge is 0.298 e. The molecule has 0 bridgehead atoms. The van der Waals surface area contributed by atoms with Gasteiger partial charge in [0.15, 0.2) is 0 Å². The molecular weight excluding hydrogens is 522 g/mol. The van der Waals surface area contributed by atoms with Crippen LogP contribution in [0.5, 0.6) is 5.75 Å². The zero-order valence-electron chi connectivity index (χ0n) is 17.5. The van der Waals surface area contributed by atoms with Crippen molar-refractivity contribution in [3.63, 3.8) is 0 Å². The first-order chi connectivity index (χ1) is 16.0. The minimum atomic E-state index is -0.336. The summed E-state index contributed by atoms with van der Waals surface area (Å²) in [5.74, 6) is 0.348. The van der Waals surface area contributed by atoms with Crippen LogP contribution in [-0.4, -0.2) is 11.1 Å². The molecule has 1 aliphatic heterocycles. The maximum Gasteiger partial charge on any atom is 0.298 e. The summed E-state index contributed by atoms with van der Waals surface area (Å²) in [4.78, 5) is 27.0. The van der Waals surface area contributed by atoms with E-state index in [4.69, 9.17) is 16.3 Å². The molecule has 4 nitrogen and oxygen atoms in total. The van der Waals surface area contributed by atoms with Crippen LogP contribution in [0.4, 0.5) is 10.5 Å². The predicted molar refractivity (Wildman–Crippen MR) is 139 cm³/mol. The molecule has 0 atom stereocenters. The third-order valence-electron chi connectivity index (χ3n) is 4.94. The van der Waals surface area contributed by atoms with Gasteiger partial charge in [-0.1, -0.05) is 54.1 Å². The van der Waals surface area contributed by atoms with E-state index in [2.05, 4.69) is 22.5 Å². The minimum absolute atomic E-state index is 0.317. The first kappa shape index (κ1) is 23.4. The SMILES string of the molecule is C=CCc1cc(/C=C2\SC(=O)N(c3ccccc3)C2=O)cc(Br)c1OCc1ccccc1Cl. The molecule has 0 unspecified atom stereocenters. The maximum absolute atomic E-state index is 12.9. The summed E-state index contributed by atoms with van der Waals surface area (Å²) in [5.41, 5.74) is 3.12. The fraction of sp³-hybridized carbons (Fsp3) is 0.0769. The van der Waals surface area contributed by atoms with Crippen molar-refractivity contribution in [2.24, 2.45) is 0 Å². The van der Waals surface area contributed by atoms with Gasteiger partial charge in [0, 0.05) is 10.6 Å². The summed E-state index contributed by atoms with van der Waals surface area (Å²) in [6.07, 6.45) is 4.09. The van der Waals surface area contributed by atoms with Gasteiger partial charge in [0.05, 0.1) is 15.1 Å². The van der Waals surface area contributed by atoms with Gasteiger partial charge in [-0.15, -0.1) is 6.58 Å². The Morgan fingerprint density at radius 3 is 2.48 bits per heavy atom. The monoisotopic (exact) mass is 539 g/mol. The molecule has 4 rings (SSSR count). The Labute approximate surface area is 210 Å². The summed E-state index contributed by atoms with van der Waals surface area (Å²) in [6.45, 7) is 4.16. The highest BCUT2D eigenvalue weighted by molar-refractivity contribution is 9.10. The minimum Gasteiger partial charge on any atom is -0.487 e. The zero-order valence-corrected chi connectivity index (χ0v) is 20.6. The number of ether oxygens (including phenoxy) is 1. The highest BCUT2D eigenvalue weighted by atomic mass is 79.9. The number of carbonyl (C=O) groups excluding carboxylic acids is 2. The third-order valence-corrected chi connectivity index (χ3v) is 6.77. The summed E-state index contributed by atoms with van der Waals surface area (Å²) in [5, 5.41) is 0.326. The van der Waals surface area contributed by atoms with Gasteiger partial charge in [0.1, 0.15) is 12.4 Å². The van der Waals surface area contributed by atoms with Crippen molar-refractivity contribution in [3.8, 4) is 5.75 Å². The number of benzene rings is 3. The van der Waals surface area contributed by atoms with Crippen LogP contribution in [0.3, 0.4) is 0 Å². The lowest BCUT2D eigenvalue weighted by molar-refractivity contribution is -0.113. The van der Waals surface area contributed by atoms with Crippen molar-refractivity contribution < 1.29 is 14.3 Å². The molecule has 0 radical (unpaired) electrons. The van der Waals surface area contributed by atoms with Gasteiger partial charge in [-0.2, -0.15) is 0 Å². The lowest BCUT2D eigenvalue weighted by atomic mass is 10.1. The van der Waals surface area contributed by atoms with E-state index < -0.39 is 0 Å². The van der Waals surface area contributed by atoms with E-state index in [-0.39, 0.29) is 11.1 Å². The standard InChI is InChI=1S/C26H19BrClNO3S/c1-2-8-18-13-17(14-21(27)24(18)32-16-19-9-6-7-12-22(19)28)15-23-25(30)29(26(31)33-23)20-10-4-3-5-11-20/h2-7,9-15H,1,8,16H2/b23-15-. The van der Waals surface area contributed by atoms with E-state index in [9.17, 15) is 9.59 Å². The van der Waals surface area contributed by atoms with E-state index in [0.717, 1.165) is 32.9 Å². The van der Waals surface area contributed by atoms with Gasteiger partial charge in [0.2, 0.25) is 0 Å². The molecule has 0 spiro atoms. The molecule has 33 heavy (non-hydrogen) atoms. The number of hydrogen-bond donors (Lipinski definition) is 0. The highest BCUT2D eigenvalue weighted by Gasteiger charge is 2.36. The van der Waals surface area contributed by atoms with Crippen LogP contribution in [0.2, 0.25) is 5.02 Å². The molecule has 0 N–H and O–H groups in total. The Bertz CT molecular complexity index is 1260. The molecule has 7 heteroatoms. The van der Waals surface area contributed by atoms with Crippen molar-refractivity contribution in [2.45, 2.75) is 13.0 Å². The Hall–Kier alpha value is -2.80. The first-order valence-corrected chi connectivity index (χ1v) is 12.1. The molecule has 0 aromatic heterocycles. The van der Waals surface area contributed by atoms with Gasteiger partial charge in [0.25, 0.3) is 11.1 Å². The van der Waals surface area contributed by atoms with Gasteiger partial charge in [-0.05, 0) is 81.6 Å². The number of rotatable bonds is 7. The highest BCUT2D eigenvalue weighted by Crippen LogP contribution is 2.38. The normalized spacial score (nSPS) is 14.7. The van der Waals surface area contributed by atoms with Crippen molar-refractivity contribution in [1.29, 1.82) is 0 Å². The molecule has 3 aromatic rings. The van der Waals surface area contributed by atoms with Crippen LogP contribution < -0.4 is 9.64 Å². The number of thioether (sulfide) groups is 1. The van der Waals surface area contributed by atoms with Crippen LogP contribution in [0, 0.1) is 0 Å². The molecule has 1 saturated heterocycles. The number of allylic oxidation sites excluding steroid dienone is 1. The summed E-state index contributed by atoms with van der Waals surface area (Å²) in [6, 6.07) is 20.2. The molecule has 2 amide bonds. The number of hydrogen-bond acceptors (Lipinski definition) is 4. The van der Waals surface area contributed by atoms with Crippen LogP contribution in [0.25, 0.3) is 6.08 Å². The number of nitrogens with zero attached hydrogens (tertiary/aromatic N) is 1. The number of imide groups is 1. The van der Waals surface area contributed by atoms with Crippen LogP contribution >= 0.6 is 39.3 Å². The van der Waals surface area contributed by atoms with Crippen molar-refractivity contribution in [1.82, 2.24) is 0 Å². The third kappa shape index (κ3) is 5.24. The van der Waals surface area contributed by atoms with Crippen LogP contribution in [0.15, 0.2) is 88.8 Å². The maximum atomic E-state index is 12.9. The average molecular weight is 541 g/mol. The number of carbonyl (C=O) groups is 2. The molecule has 166 valence electrons. The van der Waals surface area contributed by atoms with E-state index in [1.54, 1.807) is 36.4 Å². The topological polar surface area (TPSA) is 46.6 Å². The quantitative estimate of drug-likeness (QED) is 0.228. The molecule has 3 aromatic carbocycles. The van der Waals surface area contributed by atoms with Crippen molar-refractivity contribution in [3.05, 3.63) is 110 Å². The average Bonchev–Trinajstić information content (AvgIpc) is 3.07. The fourth-order valence-electron chi connectivity index (χ4n) is 3.41. The van der Waals surface area contributed by atoms with Crippen LogP contribution in [-0.2, 0) is 17.8 Å². The zero-order chi connectivity index (χ0) is 23.4. The van der Waals surface area contributed by atoms with Gasteiger partial charge in [-0.25, -0.2) is 4.90 Å². The van der Waals surface area contributed by atoms with E-state index in [0.29, 0.717) is 34.4 Å². The number of anilines is 1. The summed E-state index contributed by atoms with van der Waals surface area (Å²) < 4.78 is 6.83. The lowest BCUT2D eigenvalue weighted by Gasteiger charge is -2.15. The molecule has 0 aliphatic carbocycles. The van der Waals surface area contributed by atoms with E-state index in [1.807, 2.05) is 42.5 Å². The van der Waals surface area contributed by atoms with Crippen LogP contribution in [0.1, 0.15) is 16.7 Å². The van der Waals surface area contributed by atoms with Crippen molar-refractivity contribution >= 4 is 62.2 Å². The first-order valence-electron chi connectivity index (χ1n) is 10.1. The Kier molecular flexibility index (Phi) is 7.38. The molecule has 1 fully saturated rings. The van der Waals surface area contributed by atoms with Gasteiger partial charge in [-0.3, -0.25) is 9.59 Å². The summed E-state index contributed by atoms with van der Waals surface area (Å²) >= 11 is 10.8. The second kappa shape index (κ2) is 10.4. The van der Waals surface area contributed by atoms with Gasteiger partial charge >= 0.3 is 0 Å². The van der Waals surface area contributed by atoms with E-state index >= 15 is 0 Å². The molecule has 1 aliphatic rings. The second-order valence-corrected chi connectivity index (χ2v) is 9.47. The number of amides is 2. The van der Waals surface area contributed by atoms with Crippen molar-refractivity contribution in [2.75, 3.05) is 4.90 Å². The Balaban J connectivity index is 1.62. The Morgan fingerprint density at radius 1 is 1.03 bits per heavy atom. The molecular formula is C26H19BrClNO3S. The number of para-hydroxylation sites is 1.